The maximum absolute atomic E-state index is 11.9. The number of hydrogen-bond donors (Lipinski definition) is 2. The largest absolute Gasteiger partial charge is 0.382 e. The molecule has 0 spiro atoms. The van der Waals surface area contributed by atoms with Gasteiger partial charge in [-0.15, -0.1) is 0 Å². The van der Waals surface area contributed by atoms with Crippen molar-refractivity contribution in [3.8, 4) is 0 Å². The van der Waals surface area contributed by atoms with Gasteiger partial charge in [0.2, 0.25) is 0 Å². The van der Waals surface area contributed by atoms with Crippen LogP contribution in [0, 0.1) is 0 Å². The van der Waals surface area contributed by atoms with Crippen LogP contribution in [0.3, 0.4) is 0 Å². The molecule has 0 aliphatic carbocycles. The number of nitrogens with one attached hydrogen (secondary N) is 1. The highest BCUT2D eigenvalue weighted by atomic mass is 16.5. The molecule has 110 valence electrons. The predicted molar refractivity (Wildman–Crippen MR) is 75.2 cm³/mol. The fraction of sp³-hybridized carbons (Fsp3) is 0.615. The topological polar surface area (TPSA) is 93.4 Å². The first kappa shape index (κ1) is 14.7. The molecule has 0 saturated carbocycles. The summed E-state index contributed by atoms with van der Waals surface area (Å²) in [7, 11) is 0. The van der Waals surface area contributed by atoms with E-state index in [-0.39, 0.29) is 23.0 Å². The van der Waals surface area contributed by atoms with E-state index in [1.807, 2.05) is 0 Å². The summed E-state index contributed by atoms with van der Waals surface area (Å²) >= 11 is 0. The molecule has 1 aromatic heterocycles. The van der Waals surface area contributed by atoms with Crippen LogP contribution in [-0.2, 0) is 4.74 Å². The van der Waals surface area contributed by atoms with Crippen molar-refractivity contribution in [2.75, 3.05) is 38.6 Å². The van der Waals surface area contributed by atoms with Crippen molar-refractivity contribution in [2.45, 2.75) is 19.4 Å². The number of ether oxygens (including phenoxy) is 1. The maximum Gasteiger partial charge on any atom is 0.273 e. The molecule has 0 unspecified atom stereocenters. The van der Waals surface area contributed by atoms with Gasteiger partial charge < -0.3 is 15.8 Å². The Bertz CT molecular complexity index is 478. The van der Waals surface area contributed by atoms with Crippen LogP contribution in [0.15, 0.2) is 12.4 Å². The number of nitrogens with zero attached hydrogens (tertiary/aromatic N) is 3. The highest BCUT2D eigenvalue weighted by Crippen LogP contribution is 2.17. The average molecular weight is 279 g/mol. The second kappa shape index (κ2) is 6.15. The summed E-state index contributed by atoms with van der Waals surface area (Å²) in [4.78, 5) is 22.0. The number of carbonyl (C=O) groups is 1. The molecule has 0 bridgehead atoms. The fourth-order valence-electron chi connectivity index (χ4n) is 2.22. The molecule has 7 heteroatoms. The van der Waals surface area contributed by atoms with Crippen LogP contribution in [-0.4, -0.2) is 59.2 Å². The van der Waals surface area contributed by atoms with Gasteiger partial charge in [-0.3, -0.25) is 9.69 Å². The molecule has 3 N–H and O–H groups in total. The summed E-state index contributed by atoms with van der Waals surface area (Å²) in [5, 5.41) is 2.82. The fourth-order valence-corrected chi connectivity index (χ4v) is 2.22. The zero-order chi connectivity index (χ0) is 14.6. The SMILES string of the molecule is CC1(C)COCCN1CCNC(=O)c1nccnc1N. The number of anilines is 1. The van der Waals surface area contributed by atoms with Crippen molar-refractivity contribution in [3.63, 3.8) is 0 Å². The van der Waals surface area contributed by atoms with Crippen molar-refractivity contribution < 1.29 is 9.53 Å². The van der Waals surface area contributed by atoms with E-state index >= 15 is 0 Å². The van der Waals surface area contributed by atoms with Gasteiger partial charge in [0, 0.05) is 37.6 Å². The summed E-state index contributed by atoms with van der Waals surface area (Å²) in [6.07, 6.45) is 2.92. The number of carbonyl (C=O) groups excluding carboxylic acids is 1. The molecule has 1 fully saturated rings. The van der Waals surface area contributed by atoms with Crippen LogP contribution in [0.5, 0.6) is 0 Å². The van der Waals surface area contributed by atoms with E-state index in [0.717, 1.165) is 19.7 Å². The average Bonchev–Trinajstić information content (AvgIpc) is 2.41. The van der Waals surface area contributed by atoms with Gasteiger partial charge in [-0.25, -0.2) is 9.97 Å². The van der Waals surface area contributed by atoms with E-state index < -0.39 is 0 Å². The van der Waals surface area contributed by atoms with Gasteiger partial charge >= 0.3 is 0 Å². The van der Waals surface area contributed by atoms with Gasteiger partial charge in [0.15, 0.2) is 11.5 Å². The van der Waals surface area contributed by atoms with Gasteiger partial charge in [0.1, 0.15) is 0 Å². The number of aromatic nitrogens is 2. The first-order chi connectivity index (χ1) is 9.50. The lowest BCUT2D eigenvalue weighted by molar-refractivity contribution is -0.0498. The molecule has 2 rings (SSSR count). The normalized spacial score (nSPS) is 18.7. The van der Waals surface area contributed by atoms with Gasteiger partial charge in [0.25, 0.3) is 5.91 Å². The van der Waals surface area contributed by atoms with Gasteiger partial charge in [0.05, 0.1) is 13.2 Å². The minimum Gasteiger partial charge on any atom is -0.382 e. The minimum absolute atomic E-state index is 0.00540. The summed E-state index contributed by atoms with van der Waals surface area (Å²) in [6.45, 7) is 7.88. The zero-order valence-electron chi connectivity index (χ0n) is 11.9. The highest BCUT2D eigenvalue weighted by molar-refractivity contribution is 5.96. The second-order valence-electron chi connectivity index (χ2n) is 5.40. The molecule has 0 atom stereocenters. The van der Waals surface area contributed by atoms with E-state index in [1.165, 1.54) is 12.4 Å². The number of amides is 1. The lowest BCUT2D eigenvalue weighted by Crippen LogP contribution is -2.54. The standard InChI is InChI=1S/C13H21N5O2/c1-13(2)9-20-8-7-18(13)6-5-17-12(19)10-11(14)16-4-3-15-10/h3-4H,5-9H2,1-2H3,(H2,14,16)(H,17,19). The Morgan fingerprint density at radius 2 is 2.25 bits per heavy atom. The maximum atomic E-state index is 11.9. The molecular weight excluding hydrogens is 258 g/mol. The van der Waals surface area contributed by atoms with Crippen molar-refractivity contribution in [3.05, 3.63) is 18.1 Å². The molecule has 1 amide bonds. The van der Waals surface area contributed by atoms with E-state index in [9.17, 15) is 4.79 Å². The molecule has 1 aliphatic heterocycles. The Kier molecular flexibility index (Phi) is 4.51. The number of nitrogen functional groups attached to an aromatic ring is 1. The second-order valence-corrected chi connectivity index (χ2v) is 5.40. The van der Waals surface area contributed by atoms with E-state index in [2.05, 4.69) is 34.0 Å². The van der Waals surface area contributed by atoms with Crippen LogP contribution >= 0.6 is 0 Å². The summed E-state index contributed by atoms with van der Waals surface area (Å²) < 4.78 is 5.46. The molecule has 2 heterocycles. The Labute approximate surface area is 118 Å². The number of hydrogen-bond acceptors (Lipinski definition) is 6. The van der Waals surface area contributed by atoms with E-state index in [1.54, 1.807) is 0 Å². The lowest BCUT2D eigenvalue weighted by Gasteiger charge is -2.42. The summed E-state index contributed by atoms with van der Waals surface area (Å²) in [6, 6.07) is 0. The Balaban J connectivity index is 1.84. The zero-order valence-corrected chi connectivity index (χ0v) is 11.9. The molecule has 0 radical (unpaired) electrons. The predicted octanol–water partition coefficient (Wildman–Crippen LogP) is -0.101. The van der Waals surface area contributed by atoms with E-state index in [0.29, 0.717) is 13.2 Å². The summed E-state index contributed by atoms with van der Waals surface area (Å²) in [5.41, 5.74) is 5.79. The third kappa shape index (κ3) is 3.43. The van der Waals surface area contributed by atoms with Crippen LogP contribution < -0.4 is 11.1 Å². The number of nitrogens with two attached hydrogens (primary N) is 1. The first-order valence-electron chi connectivity index (χ1n) is 6.68. The quantitative estimate of drug-likeness (QED) is 0.799. The van der Waals surface area contributed by atoms with Crippen molar-refractivity contribution >= 4 is 11.7 Å². The number of morpholine rings is 1. The molecule has 1 aliphatic rings. The minimum atomic E-state index is -0.290. The smallest absolute Gasteiger partial charge is 0.273 e. The van der Waals surface area contributed by atoms with Gasteiger partial charge in [-0.2, -0.15) is 0 Å². The monoisotopic (exact) mass is 279 g/mol. The third-order valence-corrected chi connectivity index (χ3v) is 3.43. The van der Waals surface area contributed by atoms with Gasteiger partial charge in [-0.05, 0) is 13.8 Å². The third-order valence-electron chi connectivity index (χ3n) is 3.43. The Hall–Kier alpha value is -1.73. The molecule has 1 aromatic rings. The molecular formula is C13H21N5O2. The van der Waals surface area contributed by atoms with Crippen LogP contribution in [0.4, 0.5) is 5.82 Å². The lowest BCUT2D eigenvalue weighted by atomic mass is 10.0. The van der Waals surface area contributed by atoms with Crippen LogP contribution in [0.2, 0.25) is 0 Å². The highest BCUT2D eigenvalue weighted by Gasteiger charge is 2.29. The molecule has 20 heavy (non-hydrogen) atoms. The van der Waals surface area contributed by atoms with E-state index in [4.69, 9.17) is 10.5 Å². The Morgan fingerprint density at radius 1 is 1.50 bits per heavy atom. The first-order valence-corrected chi connectivity index (χ1v) is 6.68. The molecule has 7 nitrogen and oxygen atoms in total. The van der Waals surface area contributed by atoms with Crippen molar-refractivity contribution in [2.24, 2.45) is 0 Å². The molecule has 0 aromatic carbocycles. The summed E-state index contributed by atoms with van der Waals surface area (Å²) in [5.74, 6) is -0.140. The van der Waals surface area contributed by atoms with Crippen LogP contribution in [0.25, 0.3) is 0 Å². The molecule has 1 saturated heterocycles. The van der Waals surface area contributed by atoms with Crippen molar-refractivity contribution in [1.29, 1.82) is 0 Å². The van der Waals surface area contributed by atoms with Crippen molar-refractivity contribution in [1.82, 2.24) is 20.2 Å². The number of rotatable bonds is 4. The van der Waals surface area contributed by atoms with Gasteiger partial charge in [-0.1, -0.05) is 0 Å². The Morgan fingerprint density at radius 3 is 2.95 bits per heavy atom. The van der Waals surface area contributed by atoms with Crippen LogP contribution in [0.1, 0.15) is 24.3 Å².